The summed E-state index contributed by atoms with van der Waals surface area (Å²) in [5, 5.41) is 15.6. The molecule has 2 aliphatic rings. The number of aromatic nitrogens is 2. The van der Waals surface area contributed by atoms with Crippen LogP contribution in [0.3, 0.4) is 0 Å². The number of carbonyl (C=O) groups excluding carboxylic acids is 1. The molecule has 2 aromatic rings. The van der Waals surface area contributed by atoms with Gasteiger partial charge in [-0.05, 0) is 25.7 Å². The maximum Gasteiger partial charge on any atom is 0.286 e. The SMILES string of the molecule is COc1cc(C(=O)N2CCCC2c2nc(C3CC3)no2)c([N+](=O)[O-])cc1OC. The van der Waals surface area contributed by atoms with E-state index >= 15 is 0 Å². The first-order valence-corrected chi connectivity index (χ1v) is 9.08. The third-order valence-electron chi connectivity index (χ3n) is 5.13. The second-order valence-electron chi connectivity index (χ2n) is 6.90. The fourth-order valence-electron chi connectivity index (χ4n) is 3.50. The summed E-state index contributed by atoms with van der Waals surface area (Å²) >= 11 is 0. The molecule has 1 atom stereocenters. The van der Waals surface area contributed by atoms with Crippen molar-refractivity contribution in [2.75, 3.05) is 20.8 Å². The first kappa shape index (κ1) is 18.2. The van der Waals surface area contributed by atoms with Crippen molar-refractivity contribution >= 4 is 11.6 Å². The summed E-state index contributed by atoms with van der Waals surface area (Å²) in [5.41, 5.74) is -0.394. The molecular weight excluding hydrogens is 368 g/mol. The van der Waals surface area contributed by atoms with Crippen LogP contribution in [0.1, 0.15) is 59.7 Å². The molecule has 1 aromatic carbocycles. The average Bonchev–Trinajstić information content (AvgIpc) is 3.23. The Morgan fingerprint density at radius 3 is 2.61 bits per heavy atom. The standard InChI is InChI=1S/C18H20N4O6/c1-26-14-8-11(13(22(24)25)9-15(14)27-2)18(23)21-7-3-4-12(21)17-19-16(20-28-17)10-5-6-10/h8-10,12H,3-7H2,1-2H3. The minimum atomic E-state index is -0.599. The summed E-state index contributed by atoms with van der Waals surface area (Å²) in [4.78, 5) is 30.2. The smallest absolute Gasteiger partial charge is 0.286 e. The fourth-order valence-corrected chi connectivity index (χ4v) is 3.50. The van der Waals surface area contributed by atoms with Crippen LogP contribution in [-0.2, 0) is 0 Å². The molecule has 2 heterocycles. The Balaban J connectivity index is 1.68. The molecule has 0 radical (unpaired) electrons. The van der Waals surface area contributed by atoms with E-state index < -0.39 is 10.8 Å². The van der Waals surface area contributed by atoms with E-state index in [9.17, 15) is 14.9 Å². The number of rotatable bonds is 6. The molecule has 1 aromatic heterocycles. The van der Waals surface area contributed by atoms with Crippen LogP contribution in [0.25, 0.3) is 0 Å². The molecular formula is C18H20N4O6. The zero-order valence-corrected chi connectivity index (χ0v) is 15.6. The number of carbonyl (C=O) groups is 1. The summed E-state index contributed by atoms with van der Waals surface area (Å²) in [5.74, 6) is 1.37. The molecule has 0 bridgehead atoms. The third kappa shape index (κ3) is 3.14. The van der Waals surface area contributed by atoms with Gasteiger partial charge in [0.2, 0.25) is 5.89 Å². The predicted molar refractivity (Wildman–Crippen MR) is 95.5 cm³/mol. The van der Waals surface area contributed by atoms with E-state index in [4.69, 9.17) is 14.0 Å². The van der Waals surface area contributed by atoms with E-state index in [0.29, 0.717) is 30.6 Å². The van der Waals surface area contributed by atoms with E-state index in [1.165, 1.54) is 26.4 Å². The van der Waals surface area contributed by atoms with Crippen LogP contribution < -0.4 is 9.47 Å². The molecule has 0 N–H and O–H groups in total. The molecule has 28 heavy (non-hydrogen) atoms. The molecule has 10 nitrogen and oxygen atoms in total. The van der Waals surface area contributed by atoms with Gasteiger partial charge in [0.25, 0.3) is 11.6 Å². The quantitative estimate of drug-likeness (QED) is 0.547. The Morgan fingerprint density at radius 1 is 1.25 bits per heavy atom. The molecule has 1 saturated carbocycles. The van der Waals surface area contributed by atoms with Crippen molar-refractivity contribution in [3.8, 4) is 11.5 Å². The highest BCUT2D eigenvalue weighted by Crippen LogP contribution is 2.41. The third-order valence-corrected chi connectivity index (χ3v) is 5.13. The van der Waals surface area contributed by atoms with Crippen molar-refractivity contribution in [3.05, 3.63) is 39.5 Å². The Morgan fingerprint density at radius 2 is 1.96 bits per heavy atom. The molecule has 1 aliphatic carbocycles. The van der Waals surface area contributed by atoms with Gasteiger partial charge in [-0.2, -0.15) is 4.98 Å². The number of methoxy groups -OCH3 is 2. The zero-order valence-electron chi connectivity index (χ0n) is 15.6. The number of nitro benzene ring substituents is 1. The number of nitro groups is 1. The van der Waals surface area contributed by atoms with Gasteiger partial charge in [-0.3, -0.25) is 14.9 Å². The van der Waals surface area contributed by atoms with Crippen LogP contribution in [-0.4, -0.2) is 46.6 Å². The molecule has 1 aliphatic heterocycles. The van der Waals surface area contributed by atoms with Gasteiger partial charge >= 0.3 is 0 Å². The minimum Gasteiger partial charge on any atom is -0.493 e. The van der Waals surface area contributed by atoms with Crippen molar-refractivity contribution in [2.45, 2.75) is 37.6 Å². The number of ether oxygens (including phenoxy) is 2. The zero-order chi connectivity index (χ0) is 19.8. The van der Waals surface area contributed by atoms with Crippen LogP contribution in [0, 0.1) is 10.1 Å². The first-order valence-electron chi connectivity index (χ1n) is 9.08. The number of amides is 1. The van der Waals surface area contributed by atoms with Gasteiger partial charge < -0.3 is 18.9 Å². The molecule has 0 spiro atoms. The summed E-state index contributed by atoms with van der Waals surface area (Å²) in [7, 11) is 2.79. The van der Waals surface area contributed by atoms with Crippen LogP contribution in [0.15, 0.2) is 16.7 Å². The van der Waals surface area contributed by atoms with E-state index in [2.05, 4.69) is 10.1 Å². The van der Waals surface area contributed by atoms with Gasteiger partial charge in [0.05, 0.1) is 25.2 Å². The van der Waals surface area contributed by atoms with E-state index in [1.54, 1.807) is 4.90 Å². The van der Waals surface area contributed by atoms with Gasteiger partial charge in [-0.1, -0.05) is 5.16 Å². The maximum absolute atomic E-state index is 13.2. The second kappa shape index (κ2) is 7.10. The lowest BCUT2D eigenvalue weighted by atomic mass is 10.1. The lowest BCUT2D eigenvalue weighted by molar-refractivity contribution is -0.385. The number of benzene rings is 1. The van der Waals surface area contributed by atoms with E-state index in [1.807, 2.05) is 0 Å². The number of hydrogen-bond donors (Lipinski definition) is 0. The van der Waals surface area contributed by atoms with E-state index in [0.717, 1.165) is 19.3 Å². The lowest BCUT2D eigenvalue weighted by Gasteiger charge is -2.22. The summed E-state index contributed by atoms with van der Waals surface area (Å²) < 4.78 is 15.7. The average molecular weight is 388 g/mol. The highest BCUT2D eigenvalue weighted by atomic mass is 16.6. The van der Waals surface area contributed by atoms with Crippen molar-refractivity contribution in [1.82, 2.24) is 15.0 Å². The number of hydrogen-bond acceptors (Lipinski definition) is 8. The van der Waals surface area contributed by atoms with Crippen molar-refractivity contribution in [3.63, 3.8) is 0 Å². The van der Waals surface area contributed by atoms with Crippen LogP contribution in [0.5, 0.6) is 11.5 Å². The van der Waals surface area contributed by atoms with Crippen LogP contribution in [0.4, 0.5) is 5.69 Å². The Labute approximate surface area is 160 Å². The van der Waals surface area contributed by atoms with Gasteiger partial charge in [0, 0.05) is 18.5 Å². The maximum atomic E-state index is 13.2. The monoisotopic (exact) mass is 388 g/mol. The molecule has 1 saturated heterocycles. The topological polar surface area (TPSA) is 121 Å². The lowest BCUT2D eigenvalue weighted by Crippen LogP contribution is -2.31. The highest BCUT2D eigenvalue weighted by molar-refractivity contribution is 5.99. The Bertz CT molecular complexity index is 923. The predicted octanol–water partition coefficient (Wildman–Crippen LogP) is 2.85. The van der Waals surface area contributed by atoms with Crippen molar-refractivity contribution in [1.29, 1.82) is 0 Å². The molecule has 10 heteroatoms. The Kier molecular flexibility index (Phi) is 4.62. The van der Waals surface area contributed by atoms with Crippen molar-refractivity contribution in [2.24, 2.45) is 0 Å². The normalized spacial score (nSPS) is 18.9. The van der Waals surface area contributed by atoms with E-state index in [-0.39, 0.29) is 28.8 Å². The van der Waals surface area contributed by atoms with Crippen LogP contribution >= 0.6 is 0 Å². The Hall–Kier alpha value is -3.17. The highest BCUT2D eigenvalue weighted by Gasteiger charge is 2.38. The van der Waals surface area contributed by atoms with Crippen LogP contribution in [0.2, 0.25) is 0 Å². The molecule has 2 fully saturated rings. The van der Waals surface area contributed by atoms with Gasteiger partial charge in [-0.15, -0.1) is 0 Å². The molecule has 148 valence electrons. The van der Waals surface area contributed by atoms with Gasteiger partial charge in [0.15, 0.2) is 17.3 Å². The fraction of sp³-hybridized carbons (Fsp3) is 0.500. The summed E-state index contributed by atoms with van der Waals surface area (Å²) in [6, 6.07) is 2.16. The molecule has 1 unspecified atom stereocenters. The number of nitrogens with zero attached hydrogens (tertiary/aromatic N) is 4. The number of likely N-dealkylation sites (tertiary alicyclic amines) is 1. The molecule has 4 rings (SSSR count). The first-order chi connectivity index (χ1) is 13.5. The molecule has 1 amide bonds. The summed E-state index contributed by atoms with van der Waals surface area (Å²) in [6.45, 7) is 0.455. The second-order valence-corrected chi connectivity index (χ2v) is 6.90. The van der Waals surface area contributed by atoms with Gasteiger partial charge in [0.1, 0.15) is 11.6 Å². The van der Waals surface area contributed by atoms with Crippen molar-refractivity contribution < 1.29 is 23.7 Å². The summed E-state index contributed by atoms with van der Waals surface area (Å²) in [6.07, 6.45) is 3.51. The minimum absolute atomic E-state index is 0.0588. The largest absolute Gasteiger partial charge is 0.493 e. The van der Waals surface area contributed by atoms with Gasteiger partial charge in [-0.25, -0.2) is 0 Å².